The van der Waals surface area contributed by atoms with Crippen molar-refractivity contribution in [1.29, 1.82) is 0 Å². The molecule has 0 aliphatic heterocycles. The highest BCUT2D eigenvalue weighted by molar-refractivity contribution is 5.44. The third-order valence-electron chi connectivity index (χ3n) is 3.00. The van der Waals surface area contributed by atoms with Crippen LogP contribution in [0.15, 0.2) is 30.5 Å². The van der Waals surface area contributed by atoms with E-state index in [1.54, 1.807) is 18.3 Å². The summed E-state index contributed by atoms with van der Waals surface area (Å²) in [7, 11) is 1.51. The Labute approximate surface area is 128 Å². The lowest BCUT2D eigenvalue weighted by Gasteiger charge is -2.07. The van der Waals surface area contributed by atoms with Gasteiger partial charge in [0, 0.05) is 18.8 Å². The second-order valence-electron chi connectivity index (χ2n) is 4.57. The molecule has 7 nitrogen and oxygen atoms in total. The Morgan fingerprint density at radius 1 is 1.17 bits per heavy atom. The van der Waals surface area contributed by atoms with E-state index in [1.165, 1.54) is 19.2 Å². The molecule has 3 rings (SSSR count). The maximum Gasteiger partial charge on any atom is 0.453 e. The van der Waals surface area contributed by atoms with E-state index in [-0.39, 0.29) is 11.5 Å². The van der Waals surface area contributed by atoms with Gasteiger partial charge in [0.15, 0.2) is 5.65 Å². The van der Waals surface area contributed by atoms with Crippen molar-refractivity contribution in [2.24, 2.45) is 0 Å². The summed E-state index contributed by atoms with van der Waals surface area (Å²) in [6.45, 7) is 0.346. The normalized spacial score (nSPS) is 11.7. The lowest BCUT2D eigenvalue weighted by atomic mass is 10.3. The summed E-state index contributed by atoms with van der Waals surface area (Å²) in [5.41, 5.74) is 0.849. The zero-order valence-electron chi connectivity index (χ0n) is 11.9. The van der Waals surface area contributed by atoms with E-state index in [0.29, 0.717) is 16.9 Å². The monoisotopic (exact) mass is 324 g/mol. The molecule has 23 heavy (non-hydrogen) atoms. The Bertz CT molecular complexity index is 815. The Morgan fingerprint density at radius 2 is 2.00 bits per heavy atom. The molecular weight excluding hydrogens is 313 g/mol. The van der Waals surface area contributed by atoms with Gasteiger partial charge in [0.2, 0.25) is 5.88 Å². The average molecular weight is 324 g/mol. The Kier molecular flexibility index (Phi) is 3.72. The predicted octanol–water partition coefficient (Wildman–Crippen LogP) is 2.16. The van der Waals surface area contributed by atoms with E-state index in [0.717, 1.165) is 5.56 Å². The SMILES string of the molecule is COc1ccc(CNc2ccc3nnc(C(F)(F)F)n3n2)cn1. The minimum absolute atomic E-state index is 0.0222. The van der Waals surface area contributed by atoms with Crippen molar-refractivity contribution in [3.05, 3.63) is 41.9 Å². The van der Waals surface area contributed by atoms with Gasteiger partial charge >= 0.3 is 6.18 Å². The number of anilines is 1. The molecular formula is C13H11F3N6O. The van der Waals surface area contributed by atoms with Gasteiger partial charge in [-0.1, -0.05) is 6.07 Å². The van der Waals surface area contributed by atoms with Gasteiger partial charge in [-0.15, -0.1) is 15.3 Å². The van der Waals surface area contributed by atoms with E-state index in [1.807, 2.05) is 0 Å². The number of hydrogen-bond acceptors (Lipinski definition) is 6. The summed E-state index contributed by atoms with van der Waals surface area (Å²) in [6.07, 6.45) is -3.02. The first-order valence-electron chi connectivity index (χ1n) is 6.50. The molecule has 10 heteroatoms. The van der Waals surface area contributed by atoms with Crippen molar-refractivity contribution in [2.45, 2.75) is 12.7 Å². The van der Waals surface area contributed by atoms with Crippen molar-refractivity contribution in [3.63, 3.8) is 0 Å². The van der Waals surface area contributed by atoms with Gasteiger partial charge in [0.1, 0.15) is 5.82 Å². The van der Waals surface area contributed by atoms with Crippen molar-refractivity contribution in [1.82, 2.24) is 24.8 Å². The van der Waals surface area contributed by atoms with E-state index in [4.69, 9.17) is 4.74 Å². The second kappa shape index (κ2) is 5.71. The molecule has 0 fully saturated rings. The van der Waals surface area contributed by atoms with E-state index >= 15 is 0 Å². The number of aromatic nitrogens is 5. The van der Waals surface area contributed by atoms with Gasteiger partial charge in [0.05, 0.1) is 7.11 Å². The zero-order valence-corrected chi connectivity index (χ0v) is 11.9. The van der Waals surface area contributed by atoms with Gasteiger partial charge < -0.3 is 10.1 Å². The van der Waals surface area contributed by atoms with Gasteiger partial charge in [-0.25, -0.2) is 4.98 Å². The number of pyridine rings is 1. The van der Waals surface area contributed by atoms with E-state index in [9.17, 15) is 13.2 Å². The minimum Gasteiger partial charge on any atom is -0.481 e. The molecule has 0 saturated carbocycles. The van der Waals surface area contributed by atoms with Crippen molar-refractivity contribution >= 4 is 11.5 Å². The number of nitrogens with zero attached hydrogens (tertiary/aromatic N) is 5. The van der Waals surface area contributed by atoms with Crippen LogP contribution in [0.25, 0.3) is 5.65 Å². The first-order chi connectivity index (χ1) is 11.0. The molecule has 0 atom stereocenters. The molecule has 120 valence electrons. The van der Waals surface area contributed by atoms with Crippen molar-refractivity contribution in [3.8, 4) is 5.88 Å². The summed E-state index contributed by atoms with van der Waals surface area (Å²) in [4.78, 5) is 4.04. The third-order valence-corrected chi connectivity index (χ3v) is 3.00. The summed E-state index contributed by atoms with van der Waals surface area (Å²) in [5.74, 6) is -0.423. The molecule has 0 radical (unpaired) electrons. The Morgan fingerprint density at radius 3 is 2.65 bits per heavy atom. The Balaban J connectivity index is 1.80. The fourth-order valence-electron chi connectivity index (χ4n) is 1.89. The quantitative estimate of drug-likeness (QED) is 0.792. The maximum absolute atomic E-state index is 12.8. The van der Waals surface area contributed by atoms with Crippen LogP contribution in [0, 0.1) is 0 Å². The van der Waals surface area contributed by atoms with Crippen LogP contribution in [-0.4, -0.2) is 31.9 Å². The summed E-state index contributed by atoms with van der Waals surface area (Å²) < 4.78 is 44.0. The number of rotatable bonds is 4. The third kappa shape index (κ3) is 3.15. The highest BCUT2D eigenvalue weighted by Crippen LogP contribution is 2.27. The molecule has 3 aromatic rings. The molecule has 0 spiro atoms. The number of alkyl halides is 3. The van der Waals surface area contributed by atoms with Crippen LogP contribution >= 0.6 is 0 Å². The highest BCUT2D eigenvalue weighted by Gasteiger charge is 2.37. The molecule has 0 saturated heterocycles. The molecule has 0 aliphatic carbocycles. The second-order valence-corrected chi connectivity index (χ2v) is 4.57. The topological polar surface area (TPSA) is 77.2 Å². The largest absolute Gasteiger partial charge is 0.481 e. The van der Waals surface area contributed by atoms with Crippen LogP contribution in [-0.2, 0) is 12.7 Å². The van der Waals surface area contributed by atoms with Crippen LogP contribution in [0.3, 0.4) is 0 Å². The smallest absolute Gasteiger partial charge is 0.453 e. The summed E-state index contributed by atoms with van der Waals surface area (Å²) in [5, 5.41) is 13.4. The fourth-order valence-corrected chi connectivity index (χ4v) is 1.89. The Hall–Kier alpha value is -2.91. The molecule has 3 heterocycles. The number of methoxy groups -OCH3 is 1. The molecule has 0 aliphatic rings. The number of fused-ring (bicyclic) bond motifs is 1. The maximum atomic E-state index is 12.8. The van der Waals surface area contributed by atoms with Crippen LogP contribution in [0.4, 0.5) is 19.0 Å². The standard InChI is InChI=1S/C13H11F3N6O/c1-23-11-5-2-8(7-18-11)6-17-9-3-4-10-19-20-12(13(14,15)16)22(10)21-9/h2-5,7H,6H2,1H3,(H,17,21). The molecule has 0 amide bonds. The van der Waals surface area contributed by atoms with E-state index < -0.39 is 12.0 Å². The van der Waals surface area contributed by atoms with Gasteiger partial charge in [0.25, 0.3) is 5.82 Å². The number of hydrogen-bond donors (Lipinski definition) is 1. The molecule has 0 aromatic carbocycles. The number of nitrogens with one attached hydrogen (secondary N) is 1. The van der Waals surface area contributed by atoms with Crippen LogP contribution in [0.5, 0.6) is 5.88 Å². The molecule has 0 unspecified atom stereocenters. The number of ether oxygens (including phenoxy) is 1. The zero-order chi connectivity index (χ0) is 16.4. The molecule has 0 bridgehead atoms. The fraction of sp³-hybridized carbons (Fsp3) is 0.231. The van der Waals surface area contributed by atoms with Crippen molar-refractivity contribution < 1.29 is 17.9 Å². The summed E-state index contributed by atoms with van der Waals surface area (Å²) in [6, 6.07) is 6.41. The predicted molar refractivity (Wildman–Crippen MR) is 73.9 cm³/mol. The molecule has 1 N–H and O–H groups in total. The van der Waals surface area contributed by atoms with E-state index in [2.05, 4.69) is 25.6 Å². The average Bonchev–Trinajstić information content (AvgIpc) is 2.96. The highest BCUT2D eigenvalue weighted by atomic mass is 19.4. The van der Waals surface area contributed by atoms with Crippen LogP contribution < -0.4 is 10.1 Å². The van der Waals surface area contributed by atoms with Crippen LogP contribution in [0.2, 0.25) is 0 Å². The summed E-state index contributed by atoms with van der Waals surface area (Å²) >= 11 is 0. The first kappa shape index (κ1) is 15.0. The lowest BCUT2D eigenvalue weighted by molar-refractivity contribution is -0.146. The lowest BCUT2D eigenvalue weighted by Crippen LogP contribution is -2.13. The molecule has 3 aromatic heterocycles. The number of halogens is 3. The van der Waals surface area contributed by atoms with Gasteiger partial charge in [-0.05, 0) is 17.7 Å². The van der Waals surface area contributed by atoms with Crippen LogP contribution in [0.1, 0.15) is 11.4 Å². The van der Waals surface area contributed by atoms with Crippen molar-refractivity contribution in [2.75, 3.05) is 12.4 Å². The van der Waals surface area contributed by atoms with Gasteiger partial charge in [-0.3, -0.25) is 0 Å². The van der Waals surface area contributed by atoms with Gasteiger partial charge in [-0.2, -0.15) is 17.7 Å². The minimum atomic E-state index is -4.62. The first-order valence-corrected chi connectivity index (χ1v) is 6.50.